The third-order valence-corrected chi connectivity index (χ3v) is 0. The van der Waals surface area contributed by atoms with Crippen LogP contribution in [0.25, 0.3) is 0 Å². The molecule has 6 heteroatoms. The minimum absolute atomic E-state index is 0. The maximum absolute atomic E-state index is 8.56. The van der Waals surface area contributed by atoms with E-state index >= 15 is 0 Å². The molecule has 0 heterocycles. The van der Waals surface area contributed by atoms with Gasteiger partial charge in [0.2, 0.25) is 0 Å². The molecule has 0 saturated carbocycles. The van der Waals surface area contributed by atoms with Crippen molar-refractivity contribution >= 4 is 6.16 Å². The number of carboxylic acid groups (broad SMARTS) is 2. The summed E-state index contributed by atoms with van der Waals surface area (Å²) in [5.74, 6) is 0. The molecule has 0 spiro atoms. The zero-order valence-electron chi connectivity index (χ0n) is 3.38. The van der Waals surface area contributed by atoms with Crippen LogP contribution in [0.5, 0.6) is 0 Å². The first-order valence-electron chi connectivity index (χ1n) is 0.651. The first kappa shape index (κ1) is 22.5. The Kier molecular flexibility index (Phi) is 51.6. The van der Waals surface area contributed by atoms with Crippen LogP contribution in [-0.4, -0.2) is 16.4 Å². The van der Waals surface area contributed by atoms with Crippen molar-refractivity contribution in [1.82, 2.24) is 0 Å². The Labute approximate surface area is 136 Å². The van der Waals surface area contributed by atoms with Crippen LogP contribution >= 0.6 is 0 Å². The molecule has 7 heavy (non-hydrogen) atoms. The second-order valence-corrected chi connectivity index (χ2v) is 0.283. The van der Waals surface area contributed by atoms with Gasteiger partial charge >= 0.3 is 6.16 Å². The molecule has 0 fully saturated rings. The summed E-state index contributed by atoms with van der Waals surface area (Å²) in [6.07, 6.45) is -1.83. The van der Waals surface area contributed by atoms with Crippen LogP contribution in [0.4, 0.5) is 4.79 Å². The van der Waals surface area contributed by atoms with E-state index in [0.717, 1.165) is 0 Å². The van der Waals surface area contributed by atoms with E-state index < -0.39 is 6.16 Å². The predicted molar refractivity (Wildman–Crippen MR) is 10.7 cm³/mol. The van der Waals surface area contributed by atoms with Gasteiger partial charge in [0.05, 0.1) is 0 Å². The zero-order valence-corrected chi connectivity index (χ0v) is 13.4. The molecule has 0 unspecified atom stereocenters. The molecule has 0 aromatic rings. The summed E-state index contributed by atoms with van der Waals surface area (Å²) >= 11 is 0. The van der Waals surface area contributed by atoms with Crippen molar-refractivity contribution in [2.75, 3.05) is 0 Å². The van der Waals surface area contributed by atoms with Gasteiger partial charge in [-0.3, -0.25) is 0 Å². The third-order valence-electron chi connectivity index (χ3n) is 0. The monoisotopic (exact) mass is 483 g/mol. The van der Waals surface area contributed by atoms with E-state index in [0.29, 0.717) is 0 Å². The van der Waals surface area contributed by atoms with E-state index in [1.54, 1.807) is 0 Å². The van der Waals surface area contributed by atoms with Crippen LogP contribution in [-0.2, 0) is 0 Å². The van der Waals surface area contributed by atoms with E-state index in [2.05, 4.69) is 0 Å². The predicted octanol–water partition coefficient (Wildman–Crippen LogP) is 0.222. The fourth-order valence-corrected chi connectivity index (χ4v) is 0. The maximum Gasteiger partial charge on any atom is 0.503 e. The number of rotatable bonds is 0. The van der Waals surface area contributed by atoms with Crippen molar-refractivity contribution < 1.29 is 133 Å². The van der Waals surface area contributed by atoms with Crippen LogP contribution in [0, 0.1) is 118 Å². The molecular weight excluding hydrogens is 483 g/mol. The summed E-state index contributed by atoms with van der Waals surface area (Å²) in [6.45, 7) is 0. The minimum atomic E-state index is -1.83. The molecule has 35 valence electrons. The van der Waals surface area contributed by atoms with Gasteiger partial charge in [0.15, 0.2) is 0 Å². The van der Waals surface area contributed by atoms with E-state index in [1.165, 1.54) is 0 Å². The normalized spacial score (nSPS) is 3.43. The molecule has 1 radical (unpaired) electrons. The molecule has 0 atom stereocenters. The first-order valence-corrected chi connectivity index (χ1v) is 0.651. The molecular formula is CH2CeLaNdO3. The minimum Gasteiger partial charge on any atom is -0.450 e. The average molecular weight is 485 g/mol. The van der Waals surface area contributed by atoms with Crippen molar-refractivity contribution in [3.05, 3.63) is 0 Å². The van der Waals surface area contributed by atoms with E-state index in [9.17, 15) is 0 Å². The number of hydrogen-bond acceptors (Lipinski definition) is 1. The molecule has 2 N–H and O–H groups in total. The van der Waals surface area contributed by atoms with Gasteiger partial charge in [-0.2, -0.15) is 0 Å². The van der Waals surface area contributed by atoms with Gasteiger partial charge in [-0.15, -0.1) is 0 Å². The Bertz CT molecular complexity index is 37.9. The molecule has 0 amide bonds. The Morgan fingerprint density at radius 3 is 1.29 bits per heavy atom. The Morgan fingerprint density at radius 2 is 1.29 bits per heavy atom. The van der Waals surface area contributed by atoms with E-state index in [-0.39, 0.29) is 118 Å². The molecule has 0 aliphatic rings. The fraction of sp³-hybridized carbons (Fsp3) is 0. The summed E-state index contributed by atoms with van der Waals surface area (Å²) in [4.78, 5) is 8.56. The number of hydrogen-bond donors (Lipinski definition) is 2. The molecule has 0 aromatic carbocycles. The van der Waals surface area contributed by atoms with Crippen molar-refractivity contribution in [3.63, 3.8) is 0 Å². The topological polar surface area (TPSA) is 57.5 Å². The van der Waals surface area contributed by atoms with E-state index in [4.69, 9.17) is 15.0 Å². The molecule has 0 rings (SSSR count). The molecule has 0 aliphatic heterocycles. The second kappa shape index (κ2) is 16.1. The van der Waals surface area contributed by atoms with Gasteiger partial charge in [-0.1, -0.05) is 0 Å². The van der Waals surface area contributed by atoms with E-state index in [1.807, 2.05) is 0 Å². The smallest absolute Gasteiger partial charge is 0.450 e. The summed E-state index contributed by atoms with van der Waals surface area (Å²) in [5.41, 5.74) is 0. The van der Waals surface area contributed by atoms with Gasteiger partial charge in [0.1, 0.15) is 0 Å². The van der Waals surface area contributed by atoms with Gasteiger partial charge in [0.25, 0.3) is 0 Å². The zero-order chi connectivity index (χ0) is 3.58. The van der Waals surface area contributed by atoms with Crippen LogP contribution < -0.4 is 0 Å². The van der Waals surface area contributed by atoms with Crippen LogP contribution in [0.15, 0.2) is 0 Å². The van der Waals surface area contributed by atoms with Gasteiger partial charge < -0.3 is 10.2 Å². The SMILES string of the molecule is O=C(O)O.[Ce].[La].[Nd]. The van der Waals surface area contributed by atoms with Crippen molar-refractivity contribution in [2.24, 2.45) is 0 Å². The van der Waals surface area contributed by atoms with Crippen LogP contribution in [0.3, 0.4) is 0 Å². The Balaban J connectivity index is -0.0000000150. The van der Waals surface area contributed by atoms with Crippen molar-refractivity contribution in [1.29, 1.82) is 0 Å². The standard InChI is InChI=1S/CH2O3.Ce.La.Nd/c2-1(3)4;;;/h(H2,2,3,4);;;. The van der Waals surface area contributed by atoms with Gasteiger partial charge in [-0.05, 0) is 0 Å². The Hall–Kier alpha value is 3.19. The Morgan fingerprint density at radius 1 is 1.29 bits per heavy atom. The maximum atomic E-state index is 8.56. The quantitative estimate of drug-likeness (QED) is 0.517. The first-order chi connectivity index (χ1) is 1.73. The van der Waals surface area contributed by atoms with Crippen LogP contribution in [0.1, 0.15) is 0 Å². The van der Waals surface area contributed by atoms with Crippen molar-refractivity contribution in [2.45, 2.75) is 0 Å². The largest absolute Gasteiger partial charge is 0.503 e. The molecule has 0 bridgehead atoms. The average Bonchev–Trinajstić information content (AvgIpc) is 0.811. The summed E-state index contributed by atoms with van der Waals surface area (Å²) in [7, 11) is 0. The van der Waals surface area contributed by atoms with Crippen molar-refractivity contribution in [3.8, 4) is 0 Å². The number of carbonyl (C=O) groups is 1. The second-order valence-electron chi connectivity index (χ2n) is 0.283. The van der Waals surface area contributed by atoms with Gasteiger partial charge in [-0.25, -0.2) is 4.79 Å². The molecule has 0 aliphatic carbocycles. The summed E-state index contributed by atoms with van der Waals surface area (Å²) in [5, 5.41) is 13.9. The van der Waals surface area contributed by atoms with Crippen LogP contribution in [0.2, 0.25) is 0 Å². The van der Waals surface area contributed by atoms with Gasteiger partial charge in [0, 0.05) is 118 Å². The molecule has 3 nitrogen and oxygen atoms in total. The summed E-state index contributed by atoms with van der Waals surface area (Å²) in [6, 6.07) is 0. The third kappa shape index (κ3) is 46.7. The molecule has 0 saturated heterocycles. The fourth-order valence-electron chi connectivity index (χ4n) is 0. The molecule has 0 aromatic heterocycles. The summed E-state index contributed by atoms with van der Waals surface area (Å²) < 4.78 is 0.